The van der Waals surface area contributed by atoms with E-state index in [9.17, 15) is 8.42 Å². The molecule has 2 heterocycles. The lowest BCUT2D eigenvalue weighted by Crippen LogP contribution is -2.15. The van der Waals surface area contributed by atoms with Crippen LogP contribution in [0.2, 0.25) is 0 Å². The van der Waals surface area contributed by atoms with Gasteiger partial charge in [-0.2, -0.15) is 0 Å². The molecule has 27 heavy (non-hydrogen) atoms. The van der Waals surface area contributed by atoms with Crippen molar-refractivity contribution >= 4 is 40.7 Å². The Bertz CT molecular complexity index is 976. The monoisotopic (exact) mass is 428 g/mol. The highest BCUT2D eigenvalue weighted by atomic mass is 35.5. The van der Waals surface area contributed by atoms with Crippen molar-refractivity contribution in [1.82, 2.24) is 14.3 Å². The maximum absolute atomic E-state index is 13.3. The van der Waals surface area contributed by atoms with Crippen LogP contribution in [-0.2, 0) is 16.6 Å². The largest absolute Gasteiger partial charge is 0.372 e. The van der Waals surface area contributed by atoms with Crippen LogP contribution >= 0.6 is 24.8 Å². The average molecular weight is 429 g/mol. The van der Waals surface area contributed by atoms with Gasteiger partial charge in [-0.25, -0.2) is 17.4 Å². The normalized spacial score (nSPS) is 10.6. The molecule has 6 nitrogen and oxygen atoms in total. The SMILES string of the molecule is CNCc1cc(-c2ccccc2)n(S(=O)(=O)c2cccnc2NC)c1.Cl.Cl. The predicted octanol–water partition coefficient (Wildman–Crippen LogP) is 3.39. The Morgan fingerprint density at radius 2 is 1.74 bits per heavy atom. The van der Waals surface area contributed by atoms with Crippen LogP contribution in [0.4, 0.5) is 5.82 Å². The first-order chi connectivity index (χ1) is 12.1. The first-order valence-electron chi connectivity index (χ1n) is 7.87. The molecule has 0 bridgehead atoms. The second-order valence-electron chi connectivity index (χ2n) is 5.53. The third-order valence-corrected chi connectivity index (χ3v) is 5.54. The maximum atomic E-state index is 13.3. The highest BCUT2D eigenvalue weighted by Crippen LogP contribution is 2.29. The number of hydrogen-bond acceptors (Lipinski definition) is 5. The van der Waals surface area contributed by atoms with Gasteiger partial charge in [0.15, 0.2) is 0 Å². The van der Waals surface area contributed by atoms with Gasteiger partial charge < -0.3 is 10.6 Å². The zero-order valence-electron chi connectivity index (χ0n) is 14.9. The molecule has 2 N–H and O–H groups in total. The predicted molar refractivity (Wildman–Crippen MR) is 113 cm³/mol. The second kappa shape index (κ2) is 9.75. The minimum Gasteiger partial charge on any atom is -0.372 e. The smallest absolute Gasteiger partial charge is 0.271 e. The van der Waals surface area contributed by atoms with Crippen LogP contribution in [0.25, 0.3) is 11.3 Å². The molecule has 0 aliphatic rings. The van der Waals surface area contributed by atoms with Gasteiger partial charge in [0.2, 0.25) is 0 Å². The molecular formula is C18H22Cl2N4O2S. The molecule has 0 unspecified atom stereocenters. The molecule has 0 saturated heterocycles. The van der Waals surface area contributed by atoms with Crippen molar-refractivity contribution in [1.29, 1.82) is 0 Å². The third-order valence-electron chi connectivity index (χ3n) is 3.84. The Kier molecular flexibility index (Phi) is 8.30. The summed E-state index contributed by atoms with van der Waals surface area (Å²) in [5, 5.41) is 5.90. The summed E-state index contributed by atoms with van der Waals surface area (Å²) >= 11 is 0. The van der Waals surface area contributed by atoms with Crippen molar-refractivity contribution in [3.05, 3.63) is 66.5 Å². The second-order valence-corrected chi connectivity index (χ2v) is 7.31. The number of aromatic nitrogens is 2. The molecule has 1 aromatic carbocycles. The molecular weight excluding hydrogens is 407 g/mol. The van der Waals surface area contributed by atoms with Gasteiger partial charge in [0, 0.05) is 26.0 Å². The number of benzene rings is 1. The van der Waals surface area contributed by atoms with Crippen LogP contribution < -0.4 is 10.6 Å². The van der Waals surface area contributed by atoms with Crippen LogP contribution in [-0.4, -0.2) is 31.5 Å². The quantitative estimate of drug-likeness (QED) is 0.628. The Hall–Kier alpha value is -2.06. The Morgan fingerprint density at radius 3 is 2.37 bits per heavy atom. The maximum Gasteiger partial charge on any atom is 0.271 e. The molecule has 3 aromatic rings. The summed E-state index contributed by atoms with van der Waals surface area (Å²) in [5.74, 6) is 0.324. The lowest BCUT2D eigenvalue weighted by atomic mass is 10.1. The van der Waals surface area contributed by atoms with Gasteiger partial charge in [-0.05, 0) is 36.4 Å². The van der Waals surface area contributed by atoms with E-state index in [0.717, 1.165) is 11.1 Å². The molecule has 0 saturated carbocycles. The van der Waals surface area contributed by atoms with Crippen molar-refractivity contribution in [2.24, 2.45) is 0 Å². The van der Waals surface area contributed by atoms with E-state index in [0.29, 0.717) is 18.1 Å². The Morgan fingerprint density at radius 1 is 1.04 bits per heavy atom. The molecule has 0 aliphatic carbocycles. The number of halogens is 2. The standard InChI is InChI=1S/C18H20N4O2S.2ClH/c1-19-12-14-11-16(15-7-4-3-5-8-15)22(13-14)25(23,24)17-9-6-10-21-18(17)20-2;;/h3-11,13,19H,12H2,1-2H3,(H,20,21);2*1H. The van der Waals surface area contributed by atoms with Crippen LogP contribution in [0.3, 0.4) is 0 Å². The van der Waals surface area contributed by atoms with Crippen molar-refractivity contribution in [2.45, 2.75) is 11.4 Å². The van der Waals surface area contributed by atoms with E-state index in [-0.39, 0.29) is 29.7 Å². The zero-order chi connectivity index (χ0) is 17.9. The summed E-state index contributed by atoms with van der Waals surface area (Å²) in [6.07, 6.45) is 3.21. The minimum atomic E-state index is -3.79. The molecule has 3 rings (SSSR count). The number of nitrogens with one attached hydrogen (secondary N) is 2. The highest BCUT2D eigenvalue weighted by Gasteiger charge is 2.24. The summed E-state index contributed by atoms with van der Waals surface area (Å²) in [5.41, 5.74) is 2.35. The molecule has 146 valence electrons. The van der Waals surface area contributed by atoms with E-state index in [1.165, 1.54) is 3.97 Å². The van der Waals surface area contributed by atoms with Gasteiger partial charge in [0.05, 0.1) is 5.69 Å². The molecule has 0 spiro atoms. The van der Waals surface area contributed by atoms with Gasteiger partial charge in [-0.15, -0.1) is 24.8 Å². The van der Waals surface area contributed by atoms with E-state index in [2.05, 4.69) is 15.6 Å². The van der Waals surface area contributed by atoms with Crippen LogP contribution in [0.1, 0.15) is 5.56 Å². The Balaban J connectivity index is 0.00000182. The van der Waals surface area contributed by atoms with E-state index in [1.807, 2.05) is 43.4 Å². The summed E-state index contributed by atoms with van der Waals surface area (Å²) < 4.78 is 27.9. The lowest BCUT2D eigenvalue weighted by molar-refractivity contribution is 0.588. The van der Waals surface area contributed by atoms with Crippen LogP contribution in [0.5, 0.6) is 0 Å². The van der Waals surface area contributed by atoms with Gasteiger partial charge >= 0.3 is 0 Å². The highest BCUT2D eigenvalue weighted by molar-refractivity contribution is 7.90. The average Bonchev–Trinajstić information content (AvgIpc) is 3.07. The number of nitrogens with zero attached hydrogens (tertiary/aromatic N) is 2. The molecule has 2 aromatic heterocycles. The fraction of sp³-hybridized carbons (Fsp3) is 0.167. The molecule has 0 aliphatic heterocycles. The number of hydrogen-bond donors (Lipinski definition) is 2. The zero-order valence-corrected chi connectivity index (χ0v) is 17.4. The van der Waals surface area contributed by atoms with Crippen LogP contribution in [0.15, 0.2) is 65.8 Å². The number of pyridine rings is 1. The first-order valence-corrected chi connectivity index (χ1v) is 9.31. The summed E-state index contributed by atoms with van der Waals surface area (Å²) in [6.45, 7) is 0.578. The summed E-state index contributed by atoms with van der Waals surface area (Å²) in [7, 11) is -0.312. The van der Waals surface area contributed by atoms with E-state index in [4.69, 9.17) is 0 Å². The van der Waals surface area contributed by atoms with E-state index < -0.39 is 10.0 Å². The Labute approximate surface area is 171 Å². The number of anilines is 1. The third kappa shape index (κ3) is 4.62. The molecule has 0 fully saturated rings. The number of rotatable bonds is 6. The van der Waals surface area contributed by atoms with Gasteiger partial charge in [-0.1, -0.05) is 30.3 Å². The van der Waals surface area contributed by atoms with E-state index >= 15 is 0 Å². The van der Waals surface area contributed by atoms with Gasteiger partial charge in [0.25, 0.3) is 10.0 Å². The van der Waals surface area contributed by atoms with Crippen LogP contribution in [0, 0.1) is 0 Å². The van der Waals surface area contributed by atoms with Crippen molar-refractivity contribution in [3.63, 3.8) is 0 Å². The fourth-order valence-corrected chi connectivity index (χ4v) is 4.26. The topological polar surface area (TPSA) is 76.0 Å². The lowest BCUT2D eigenvalue weighted by Gasteiger charge is -2.13. The van der Waals surface area contributed by atoms with Gasteiger partial charge in [-0.3, -0.25) is 0 Å². The van der Waals surface area contributed by atoms with Gasteiger partial charge in [0.1, 0.15) is 10.7 Å². The fourth-order valence-electron chi connectivity index (χ4n) is 2.71. The van der Waals surface area contributed by atoms with Crippen molar-refractivity contribution in [3.8, 4) is 11.3 Å². The minimum absolute atomic E-state index is 0. The molecule has 9 heteroatoms. The summed E-state index contributed by atoms with van der Waals surface area (Å²) in [6, 6.07) is 14.5. The summed E-state index contributed by atoms with van der Waals surface area (Å²) in [4.78, 5) is 4.26. The first kappa shape index (κ1) is 23.0. The molecule has 0 radical (unpaired) electrons. The van der Waals surface area contributed by atoms with E-state index in [1.54, 1.807) is 31.6 Å². The van der Waals surface area contributed by atoms with Crippen molar-refractivity contribution in [2.75, 3.05) is 19.4 Å². The molecule has 0 amide bonds. The molecule has 0 atom stereocenters. The van der Waals surface area contributed by atoms with Crippen molar-refractivity contribution < 1.29 is 8.42 Å².